The lowest BCUT2D eigenvalue weighted by atomic mass is 9.34. The molecule has 3 saturated carbocycles. The first kappa shape index (κ1) is 41.1. The highest BCUT2D eigenvalue weighted by Gasteiger charge is 2.72. The summed E-state index contributed by atoms with van der Waals surface area (Å²) in [7, 11) is 0. The Labute approximate surface area is 322 Å². The summed E-state index contributed by atoms with van der Waals surface area (Å²) in [5, 5.41) is 13.9. The Morgan fingerprint density at radius 1 is 1.00 bits per heavy atom. The largest absolute Gasteiger partial charge is 0.481 e. The lowest BCUT2D eigenvalue weighted by Gasteiger charge is -2.71. The van der Waals surface area contributed by atoms with E-state index in [0.717, 1.165) is 38.5 Å². The van der Waals surface area contributed by atoms with E-state index in [1.165, 1.54) is 12.5 Å². The topological polar surface area (TPSA) is 163 Å². The number of rotatable bonds is 12. The van der Waals surface area contributed by atoms with Gasteiger partial charge in [0, 0.05) is 30.9 Å². The van der Waals surface area contributed by atoms with E-state index in [2.05, 4.69) is 59.9 Å². The number of nitrogens with one attached hydrogen (secondary N) is 1. The molecular formula is C43H68N2O9. The minimum Gasteiger partial charge on any atom is -0.481 e. The lowest BCUT2D eigenvalue weighted by molar-refractivity contribution is -0.263. The fourth-order valence-corrected chi connectivity index (χ4v) is 13.0. The molecule has 2 heterocycles. The number of ether oxygens (including phenoxy) is 4. The van der Waals surface area contributed by atoms with Gasteiger partial charge in [-0.2, -0.15) is 0 Å². The van der Waals surface area contributed by atoms with Crippen LogP contribution in [0.2, 0.25) is 0 Å². The van der Waals surface area contributed by atoms with Crippen LogP contribution in [-0.4, -0.2) is 79.6 Å². The van der Waals surface area contributed by atoms with Gasteiger partial charge in [0.15, 0.2) is 0 Å². The van der Waals surface area contributed by atoms with E-state index < -0.39 is 58.3 Å². The van der Waals surface area contributed by atoms with Crippen molar-refractivity contribution in [1.82, 2.24) is 5.32 Å². The lowest BCUT2D eigenvalue weighted by Crippen LogP contribution is -2.70. The molecule has 2 aliphatic heterocycles. The molecule has 2 unspecified atom stereocenters. The Bertz CT molecular complexity index is 1490. The van der Waals surface area contributed by atoms with Crippen molar-refractivity contribution in [3.63, 3.8) is 0 Å². The van der Waals surface area contributed by atoms with Crippen molar-refractivity contribution < 1.29 is 43.2 Å². The molecular weight excluding hydrogens is 688 g/mol. The summed E-state index contributed by atoms with van der Waals surface area (Å²) >= 11 is 0. The van der Waals surface area contributed by atoms with Gasteiger partial charge in [-0.15, -0.1) is 0 Å². The maximum atomic E-state index is 13.7. The SMILES string of the molecule is CC(=O)O[C@@H]1C[C@@]23COC[C@](C)([C@@H]2CC[C@H]2C3=CC[C@@]3(C)[C@H](C(=O)O)[C@@](C)([C@H](C)C(C)C)CC[C@]23C)[C@H]1OC(=O)C(N)CCCCNC(=O)C1CCCO1. The van der Waals surface area contributed by atoms with Gasteiger partial charge in [-0.1, -0.05) is 60.1 Å². The van der Waals surface area contributed by atoms with Crippen molar-refractivity contribution in [2.75, 3.05) is 26.4 Å². The minimum absolute atomic E-state index is 0.0901. The van der Waals surface area contributed by atoms with E-state index in [1.807, 2.05) is 0 Å². The number of fused-ring (bicyclic) bond motifs is 3. The minimum atomic E-state index is -0.858. The Morgan fingerprint density at radius 3 is 2.39 bits per heavy atom. The van der Waals surface area contributed by atoms with E-state index >= 15 is 0 Å². The van der Waals surface area contributed by atoms with Crippen LogP contribution >= 0.6 is 0 Å². The predicted octanol–water partition coefficient (Wildman–Crippen LogP) is 6.21. The van der Waals surface area contributed by atoms with Gasteiger partial charge < -0.3 is 35.1 Å². The second kappa shape index (κ2) is 15.1. The zero-order valence-corrected chi connectivity index (χ0v) is 34.2. The third-order valence-electron chi connectivity index (χ3n) is 16.4. The molecule has 0 aromatic heterocycles. The molecule has 0 aromatic rings. The second-order valence-corrected chi connectivity index (χ2v) is 19.5. The van der Waals surface area contributed by atoms with Gasteiger partial charge in [0.05, 0.1) is 19.1 Å². The van der Waals surface area contributed by atoms with Gasteiger partial charge in [-0.25, -0.2) is 0 Å². The van der Waals surface area contributed by atoms with E-state index in [1.54, 1.807) is 0 Å². The number of aliphatic carboxylic acids is 1. The number of esters is 2. The summed E-state index contributed by atoms with van der Waals surface area (Å²) in [5.41, 5.74) is 5.67. The number of allylic oxidation sites excluding steroid dienone is 1. The Hall–Kier alpha value is -2.50. The maximum Gasteiger partial charge on any atom is 0.323 e. The quantitative estimate of drug-likeness (QED) is 0.119. The molecule has 4 N–H and O–H groups in total. The summed E-state index contributed by atoms with van der Waals surface area (Å²) in [4.78, 5) is 52.0. The van der Waals surface area contributed by atoms with E-state index in [4.69, 9.17) is 24.7 Å². The Balaban J connectivity index is 1.22. The molecule has 2 saturated heterocycles. The van der Waals surface area contributed by atoms with Crippen LogP contribution in [-0.2, 0) is 38.1 Å². The average Bonchev–Trinajstić information content (AvgIpc) is 3.65. The molecule has 11 heteroatoms. The van der Waals surface area contributed by atoms with Crippen LogP contribution in [0.25, 0.3) is 0 Å². The first-order valence-electron chi connectivity index (χ1n) is 20.9. The zero-order chi connectivity index (χ0) is 39.4. The number of carboxylic acid groups (broad SMARTS) is 1. The predicted molar refractivity (Wildman–Crippen MR) is 203 cm³/mol. The molecule has 1 amide bonds. The van der Waals surface area contributed by atoms with Crippen LogP contribution in [0.15, 0.2) is 11.6 Å². The number of unbranched alkanes of at least 4 members (excludes halogenated alkanes) is 1. The highest BCUT2D eigenvalue weighted by Crippen LogP contribution is 2.75. The van der Waals surface area contributed by atoms with Crippen molar-refractivity contribution in [3.8, 4) is 0 Å². The molecule has 54 heavy (non-hydrogen) atoms. The van der Waals surface area contributed by atoms with Gasteiger partial charge in [-0.3, -0.25) is 19.2 Å². The molecule has 0 radical (unpaired) electrons. The number of amides is 1. The Morgan fingerprint density at radius 2 is 1.74 bits per heavy atom. The summed E-state index contributed by atoms with van der Waals surface area (Å²) < 4.78 is 24.4. The number of hydrogen-bond donors (Lipinski definition) is 3. The molecule has 2 bridgehead atoms. The molecule has 0 spiro atoms. The average molecular weight is 757 g/mol. The van der Waals surface area contributed by atoms with Gasteiger partial charge in [0.2, 0.25) is 5.91 Å². The molecule has 0 aromatic carbocycles. The number of carbonyl (C=O) groups excluding carboxylic acids is 3. The number of carboxylic acids is 1. The van der Waals surface area contributed by atoms with Gasteiger partial charge in [0.25, 0.3) is 0 Å². The maximum absolute atomic E-state index is 13.7. The molecule has 304 valence electrons. The highest BCUT2D eigenvalue weighted by atomic mass is 16.6. The highest BCUT2D eigenvalue weighted by molar-refractivity contribution is 5.81. The Kier molecular flexibility index (Phi) is 11.5. The molecule has 6 aliphatic rings. The smallest absolute Gasteiger partial charge is 0.323 e. The van der Waals surface area contributed by atoms with Crippen LogP contribution in [0, 0.1) is 56.7 Å². The second-order valence-electron chi connectivity index (χ2n) is 19.5. The van der Waals surface area contributed by atoms with Crippen LogP contribution in [0.1, 0.15) is 126 Å². The first-order valence-corrected chi connectivity index (χ1v) is 20.9. The van der Waals surface area contributed by atoms with Crippen molar-refractivity contribution >= 4 is 23.8 Å². The third kappa shape index (κ3) is 6.63. The van der Waals surface area contributed by atoms with Crippen LogP contribution in [0.5, 0.6) is 0 Å². The van der Waals surface area contributed by atoms with Crippen LogP contribution in [0.4, 0.5) is 0 Å². The van der Waals surface area contributed by atoms with Gasteiger partial charge in [-0.05, 0) is 111 Å². The molecule has 4 aliphatic carbocycles. The van der Waals surface area contributed by atoms with Gasteiger partial charge >= 0.3 is 17.9 Å². The fraction of sp³-hybridized carbons (Fsp3) is 0.860. The fourth-order valence-electron chi connectivity index (χ4n) is 13.0. The van der Waals surface area contributed by atoms with E-state index in [9.17, 15) is 24.3 Å². The number of hydrogen-bond acceptors (Lipinski definition) is 9. The third-order valence-corrected chi connectivity index (χ3v) is 16.4. The summed E-state index contributed by atoms with van der Waals surface area (Å²) in [6, 6.07) is -0.858. The van der Waals surface area contributed by atoms with Crippen molar-refractivity contribution in [2.45, 2.75) is 150 Å². The molecule has 5 fully saturated rings. The molecule has 6 rings (SSSR count). The number of carbonyl (C=O) groups is 4. The normalized spacial score (nSPS) is 42.4. The molecule has 11 nitrogen and oxygen atoms in total. The van der Waals surface area contributed by atoms with Crippen LogP contribution < -0.4 is 11.1 Å². The van der Waals surface area contributed by atoms with E-state index in [-0.39, 0.29) is 40.6 Å². The van der Waals surface area contributed by atoms with Crippen LogP contribution in [0.3, 0.4) is 0 Å². The zero-order valence-electron chi connectivity index (χ0n) is 34.2. The standard InChI is InChI=1S/C43H68N2O9/c1-25(2)26(3)39(5)18-19-41(7)28-14-15-33-40(6)23-51-24-43(33,29(28)16-17-42(41,8)34(39)37(48)49)22-32(53-27(4)46)35(40)54-38(50)30(44)12-9-10-20-45-36(47)31-13-11-21-52-31/h16,25-26,28,30-35H,9-15,17-24,44H2,1-8H3,(H,45,47)(H,48,49)/t26-,28+,30?,31?,32-,33+,34-,35+,39-,40-,41-,42+,43+/m1/s1. The summed E-state index contributed by atoms with van der Waals surface area (Å²) in [6.45, 7) is 19.0. The summed E-state index contributed by atoms with van der Waals surface area (Å²) in [6.07, 6.45) is 8.71. The monoisotopic (exact) mass is 756 g/mol. The van der Waals surface area contributed by atoms with Crippen molar-refractivity contribution in [3.05, 3.63) is 11.6 Å². The number of nitrogens with two attached hydrogens (primary N) is 1. The summed E-state index contributed by atoms with van der Waals surface area (Å²) in [5.74, 6) is -1.29. The van der Waals surface area contributed by atoms with Gasteiger partial charge in [0.1, 0.15) is 24.4 Å². The van der Waals surface area contributed by atoms with E-state index in [0.29, 0.717) is 64.4 Å². The van der Waals surface area contributed by atoms with Crippen molar-refractivity contribution in [1.29, 1.82) is 0 Å². The van der Waals surface area contributed by atoms with Crippen molar-refractivity contribution in [2.24, 2.45) is 62.4 Å². The first-order chi connectivity index (χ1) is 25.4. The molecule has 13 atom stereocenters.